The van der Waals surface area contributed by atoms with Crippen molar-refractivity contribution in [3.05, 3.63) is 58.9 Å². The highest BCUT2D eigenvalue weighted by molar-refractivity contribution is 7.15. The van der Waals surface area contributed by atoms with Crippen LogP contribution in [0.3, 0.4) is 0 Å². The van der Waals surface area contributed by atoms with E-state index in [0.29, 0.717) is 6.42 Å². The van der Waals surface area contributed by atoms with E-state index in [1.54, 1.807) is 11.3 Å². The van der Waals surface area contributed by atoms with Crippen LogP contribution < -0.4 is 0 Å². The highest BCUT2D eigenvalue weighted by Gasteiger charge is 2.11. The first-order valence-electron chi connectivity index (χ1n) is 5.88. The molecule has 92 valence electrons. The number of hydrogen-bond donors (Lipinski definition) is 1. The lowest BCUT2D eigenvalue weighted by Crippen LogP contribution is -2.02. The van der Waals surface area contributed by atoms with Crippen molar-refractivity contribution in [2.24, 2.45) is 0 Å². The van der Waals surface area contributed by atoms with Crippen molar-refractivity contribution in [2.45, 2.75) is 19.4 Å². The van der Waals surface area contributed by atoms with E-state index in [1.807, 2.05) is 53.4 Å². The molecule has 0 saturated carbocycles. The molecular weight excluding hydrogens is 244 g/mol. The molecule has 1 aromatic carbocycles. The number of hydrogen-bond acceptors (Lipinski definition) is 3. The van der Waals surface area contributed by atoms with Gasteiger partial charge in [-0.15, -0.1) is 11.3 Å². The summed E-state index contributed by atoms with van der Waals surface area (Å²) in [5, 5.41) is 12.2. The fraction of sp³-hybridized carbons (Fsp3) is 0.214. The smallest absolute Gasteiger partial charge is 0.193 e. The molecule has 0 radical (unpaired) electrons. The number of aromatic nitrogens is 2. The normalized spacial score (nSPS) is 13.0. The molecule has 0 amide bonds. The molecule has 1 atom stereocenters. The molecule has 3 aromatic rings. The van der Waals surface area contributed by atoms with Crippen molar-refractivity contribution in [3.8, 4) is 0 Å². The van der Waals surface area contributed by atoms with E-state index >= 15 is 0 Å². The maximum atomic E-state index is 10.2. The summed E-state index contributed by atoms with van der Waals surface area (Å²) >= 11 is 1.60. The van der Waals surface area contributed by atoms with Crippen LogP contribution in [0.5, 0.6) is 0 Å². The lowest BCUT2D eigenvalue weighted by atomic mass is 10.0. The van der Waals surface area contributed by atoms with Gasteiger partial charge in [0.2, 0.25) is 0 Å². The number of imidazole rings is 1. The number of nitrogens with zero attached hydrogens (tertiary/aromatic N) is 2. The number of benzene rings is 1. The molecule has 0 aliphatic heterocycles. The SMILES string of the molecule is Cc1cccc(C(O)Cc2cn3ccsc3n2)c1. The van der Waals surface area contributed by atoms with Gasteiger partial charge in [-0.1, -0.05) is 29.8 Å². The van der Waals surface area contributed by atoms with Gasteiger partial charge in [0.1, 0.15) is 0 Å². The molecule has 0 bridgehead atoms. The number of aryl methyl sites for hydroxylation is 1. The highest BCUT2D eigenvalue weighted by atomic mass is 32.1. The van der Waals surface area contributed by atoms with Crippen molar-refractivity contribution in [1.29, 1.82) is 0 Å². The number of fused-ring (bicyclic) bond motifs is 1. The Morgan fingerprint density at radius 1 is 1.44 bits per heavy atom. The highest BCUT2D eigenvalue weighted by Crippen LogP contribution is 2.20. The van der Waals surface area contributed by atoms with Crippen LogP contribution in [0.2, 0.25) is 0 Å². The molecule has 2 heterocycles. The topological polar surface area (TPSA) is 37.5 Å². The summed E-state index contributed by atoms with van der Waals surface area (Å²) in [5.74, 6) is 0. The van der Waals surface area contributed by atoms with E-state index in [-0.39, 0.29) is 0 Å². The van der Waals surface area contributed by atoms with Crippen molar-refractivity contribution >= 4 is 16.3 Å². The lowest BCUT2D eigenvalue weighted by molar-refractivity contribution is 0.177. The van der Waals surface area contributed by atoms with E-state index < -0.39 is 6.10 Å². The summed E-state index contributed by atoms with van der Waals surface area (Å²) in [6.45, 7) is 2.03. The summed E-state index contributed by atoms with van der Waals surface area (Å²) in [6.07, 6.45) is 4.02. The van der Waals surface area contributed by atoms with Gasteiger partial charge >= 0.3 is 0 Å². The zero-order valence-corrected chi connectivity index (χ0v) is 10.9. The quantitative estimate of drug-likeness (QED) is 0.784. The second-order valence-corrected chi connectivity index (χ2v) is 5.33. The third-order valence-corrected chi connectivity index (χ3v) is 3.74. The summed E-state index contributed by atoms with van der Waals surface area (Å²) in [4.78, 5) is 5.46. The molecule has 0 spiro atoms. The van der Waals surface area contributed by atoms with Gasteiger partial charge in [0.05, 0.1) is 11.8 Å². The molecule has 0 saturated heterocycles. The van der Waals surface area contributed by atoms with Crippen LogP contribution in [0, 0.1) is 6.92 Å². The monoisotopic (exact) mass is 258 g/mol. The molecular formula is C14H14N2OS. The molecule has 18 heavy (non-hydrogen) atoms. The molecule has 3 nitrogen and oxygen atoms in total. The van der Waals surface area contributed by atoms with Crippen LogP contribution in [-0.2, 0) is 6.42 Å². The molecule has 0 aliphatic carbocycles. The molecule has 4 heteroatoms. The minimum absolute atomic E-state index is 0.491. The maximum Gasteiger partial charge on any atom is 0.193 e. The zero-order valence-electron chi connectivity index (χ0n) is 10.1. The summed E-state index contributed by atoms with van der Waals surface area (Å²) in [7, 11) is 0. The predicted molar refractivity (Wildman–Crippen MR) is 72.9 cm³/mol. The Morgan fingerprint density at radius 2 is 2.33 bits per heavy atom. The largest absolute Gasteiger partial charge is 0.388 e. The number of aliphatic hydroxyl groups excluding tert-OH is 1. The minimum atomic E-state index is -0.491. The van der Waals surface area contributed by atoms with Crippen LogP contribution in [-0.4, -0.2) is 14.5 Å². The Hall–Kier alpha value is -1.65. The Kier molecular flexibility index (Phi) is 2.89. The van der Waals surface area contributed by atoms with Gasteiger partial charge in [-0.25, -0.2) is 4.98 Å². The summed E-state index contributed by atoms with van der Waals surface area (Å²) in [5.41, 5.74) is 3.04. The minimum Gasteiger partial charge on any atom is -0.388 e. The van der Waals surface area contributed by atoms with E-state index in [2.05, 4.69) is 4.98 Å². The Bertz CT molecular complexity index is 643. The van der Waals surface area contributed by atoms with Crippen LogP contribution >= 0.6 is 11.3 Å². The van der Waals surface area contributed by atoms with Crippen LogP contribution in [0.1, 0.15) is 22.9 Å². The van der Waals surface area contributed by atoms with Crippen LogP contribution in [0.15, 0.2) is 42.0 Å². The van der Waals surface area contributed by atoms with Crippen molar-refractivity contribution < 1.29 is 5.11 Å². The van der Waals surface area contributed by atoms with Gasteiger partial charge < -0.3 is 5.11 Å². The summed E-state index contributed by atoms with van der Waals surface area (Å²) < 4.78 is 1.99. The average Bonchev–Trinajstić information content (AvgIpc) is 2.89. The van der Waals surface area contributed by atoms with E-state index in [4.69, 9.17) is 0 Å². The Balaban J connectivity index is 1.81. The van der Waals surface area contributed by atoms with Gasteiger partial charge in [-0.3, -0.25) is 4.40 Å². The standard InChI is InChI=1S/C14H14N2OS/c1-10-3-2-4-11(7-10)13(17)8-12-9-16-5-6-18-14(16)15-12/h2-7,9,13,17H,8H2,1H3. The molecule has 1 unspecified atom stereocenters. The molecule has 3 rings (SSSR count). The third-order valence-electron chi connectivity index (χ3n) is 2.97. The first-order chi connectivity index (χ1) is 8.72. The average molecular weight is 258 g/mol. The molecule has 2 aromatic heterocycles. The third kappa shape index (κ3) is 2.17. The first kappa shape index (κ1) is 11.4. The van der Waals surface area contributed by atoms with Crippen LogP contribution in [0.25, 0.3) is 4.96 Å². The second kappa shape index (κ2) is 4.55. The zero-order chi connectivity index (χ0) is 12.5. The predicted octanol–water partition coefficient (Wildman–Crippen LogP) is 2.98. The number of rotatable bonds is 3. The lowest BCUT2D eigenvalue weighted by Gasteiger charge is -2.09. The Morgan fingerprint density at radius 3 is 3.11 bits per heavy atom. The van der Waals surface area contributed by atoms with Crippen molar-refractivity contribution in [3.63, 3.8) is 0 Å². The summed E-state index contributed by atoms with van der Waals surface area (Å²) in [6, 6.07) is 7.97. The second-order valence-electron chi connectivity index (χ2n) is 4.46. The van der Waals surface area contributed by atoms with Crippen molar-refractivity contribution in [1.82, 2.24) is 9.38 Å². The van der Waals surface area contributed by atoms with Gasteiger partial charge in [0, 0.05) is 24.2 Å². The Labute approximate surface area is 109 Å². The molecule has 0 aliphatic rings. The van der Waals surface area contributed by atoms with Gasteiger partial charge in [-0.2, -0.15) is 0 Å². The number of aliphatic hydroxyl groups is 1. The molecule has 0 fully saturated rings. The molecule has 1 N–H and O–H groups in total. The fourth-order valence-corrected chi connectivity index (χ4v) is 2.79. The van der Waals surface area contributed by atoms with Crippen molar-refractivity contribution in [2.75, 3.05) is 0 Å². The maximum absolute atomic E-state index is 10.2. The first-order valence-corrected chi connectivity index (χ1v) is 6.76. The van der Waals surface area contributed by atoms with E-state index in [1.165, 1.54) is 0 Å². The number of thiazole rings is 1. The van der Waals surface area contributed by atoms with Gasteiger partial charge in [-0.05, 0) is 12.5 Å². The van der Waals surface area contributed by atoms with E-state index in [0.717, 1.165) is 21.8 Å². The van der Waals surface area contributed by atoms with E-state index in [9.17, 15) is 5.11 Å². The van der Waals surface area contributed by atoms with Crippen LogP contribution in [0.4, 0.5) is 0 Å². The fourth-order valence-electron chi connectivity index (χ4n) is 2.07. The van der Waals surface area contributed by atoms with Gasteiger partial charge in [0.15, 0.2) is 4.96 Å². The van der Waals surface area contributed by atoms with Gasteiger partial charge in [0.25, 0.3) is 0 Å².